The Labute approximate surface area is 166 Å². The Balaban J connectivity index is 1.54. The number of pyridine rings is 1. The molecule has 6 nitrogen and oxygen atoms in total. The number of nitrogens with one attached hydrogen (secondary N) is 3. The standard InChI is InChI=1S/C21H18N6S/c1-24-16-6-11(2-3-12(16)9-22)20-15-8-18-14(21(15)27-26-20)7-17(28-18)13-4-5-19(23)25-10-13/h2-7,9-10,22,24H,8H2,1H3,(H2,23,25)(H,26,27). The first kappa shape index (κ1) is 16.7. The fourth-order valence-corrected chi connectivity index (χ4v) is 4.84. The molecule has 0 radical (unpaired) electrons. The minimum absolute atomic E-state index is 0.531. The fourth-order valence-electron chi connectivity index (χ4n) is 3.67. The molecule has 138 valence electrons. The number of anilines is 2. The predicted octanol–water partition coefficient (Wildman–Crippen LogP) is 4.39. The molecule has 0 atom stereocenters. The van der Waals surface area contributed by atoms with Gasteiger partial charge in [0, 0.05) is 69.1 Å². The molecule has 1 aliphatic rings. The van der Waals surface area contributed by atoms with Crippen LogP contribution in [0.1, 0.15) is 16.0 Å². The second-order valence-corrected chi connectivity index (χ2v) is 7.85. The number of nitrogens with two attached hydrogens (primary N) is 1. The molecule has 3 aromatic heterocycles. The van der Waals surface area contributed by atoms with Gasteiger partial charge in [-0.2, -0.15) is 5.10 Å². The lowest BCUT2D eigenvalue weighted by molar-refractivity contribution is 1.10. The molecule has 1 aromatic carbocycles. The zero-order valence-electron chi connectivity index (χ0n) is 15.2. The van der Waals surface area contributed by atoms with E-state index in [4.69, 9.17) is 11.1 Å². The van der Waals surface area contributed by atoms with Gasteiger partial charge in [-0.3, -0.25) is 5.10 Å². The van der Waals surface area contributed by atoms with E-state index in [1.165, 1.54) is 27.1 Å². The van der Waals surface area contributed by atoms with Crippen molar-refractivity contribution in [2.24, 2.45) is 0 Å². The number of nitrogens with zero attached hydrogens (tertiary/aromatic N) is 2. The third kappa shape index (κ3) is 2.51. The van der Waals surface area contributed by atoms with Crippen LogP contribution in [0.4, 0.5) is 11.5 Å². The maximum atomic E-state index is 7.53. The van der Waals surface area contributed by atoms with E-state index in [0.29, 0.717) is 5.82 Å². The Morgan fingerprint density at radius 3 is 2.82 bits per heavy atom. The highest BCUT2D eigenvalue weighted by atomic mass is 32.1. The molecule has 0 aliphatic heterocycles. The van der Waals surface area contributed by atoms with Crippen LogP contribution >= 0.6 is 11.3 Å². The summed E-state index contributed by atoms with van der Waals surface area (Å²) in [6, 6.07) is 12.1. The number of nitrogen functional groups attached to an aromatic ring is 1. The van der Waals surface area contributed by atoms with Gasteiger partial charge in [0.25, 0.3) is 0 Å². The second-order valence-electron chi connectivity index (χ2n) is 6.72. The summed E-state index contributed by atoms with van der Waals surface area (Å²) < 4.78 is 0. The first-order valence-corrected chi connectivity index (χ1v) is 9.74. The smallest absolute Gasteiger partial charge is 0.123 e. The molecule has 5 N–H and O–H groups in total. The number of benzene rings is 1. The van der Waals surface area contributed by atoms with Crippen molar-refractivity contribution in [2.75, 3.05) is 18.1 Å². The Kier molecular flexibility index (Phi) is 3.77. The van der Waals surface area contributed by atoms with E-state index >= 15 is 0 Å². The number of thiophene rings is 1. The van der Waals surface area contributed by atoms with Gasteiger partial charge in [-0.05, 0) is 24.3 Å². The average molecular weight is 386 g/mol. The molecule has 0 spiro atoms. The summed E-state index contributed by atoms with van der Waals surface area (Å²) in [6.45, 7) is 0. The van der Waals surface area contributed by atoms with Crippen molar-refractivity contribution in [1.82, 2.24) is 15.2 Å². The van der Waals surface area contributed by atoms with Crippen LogP contribution in [0, 0.1) is 5.41 Å². The van der Waals surface area contributed by atoms with E-state index in [1.54, 1.807) is 11.3 Å². The van der Waals surface area contributed by atoms with Gasteiger partial charge >= 0.3 is 0 Å². The molecular weight excluding hydrogens is 368 g/mol. The maximum Gasteiger partial charge on any atom is 0.123 e. The molecule has 7 heteroatoms. The maximum absolute atomic E-state index is 7.53. The van der Waals surface area contributed by atoms with Crippen LogP contribution in [-0.2, 0) is 6.42 Å². The van der Waals surface area contributed by atoms with Crippen LogP contribution in [0.15, 0.2) is 42.6 Å². The predicted molar refractivity (Wildman–Crippen MR) is 115 cm³/mol. The zero-order chi connectivity index (χ0) is 19.3. The van der Waals surface area contributed by atoms with Gasteiger partial charge in [0.2, 0.25) is 0 Å². The molecule has 0 fully saturated rings. The van der Waals surface area contributed by atoms with E-state index in [2.05, 4.69) is 32.6 Å². The molecule has 0 amide bonds. The van der Waals surface area contributed by atoms with Crippen LogP contribution in [0.5, 0.6) is 0 Å². The monoisotopic (exact) mass is 386 g/mol. The topological polar surface area (TPSA) is 103 Å². The van der Waals surface area contributed by atoms with E-state index in [1.807, 2.05) is 37.5 Å². The Hall–Kier alpha value is -3.45. The van der Waals surface area contributed by atoms with Crippen LogP contribution in [-0.4, -0.2) is 28.4 Å². The number of fused-ring (bicyclic) bond motifs is 3. The van der Waals surface area contributed by atoms with Crippen molar-refractivity contribution in [1.29, 1.82) is 5.41 Å². The first-order valence-electron chi connectivity index (χ1n) is 8.93. The lowest BCUT2D eigenvalue weighted by atomic mass is 10.0. The van der Waals surface area contributed by atoms with Crippen LogP contribution in [0.25, 0.3) is 33.0 Å². The van der Waals surface area contributed by atoms with E-state index in [-0.39, 0.29) is 0 Å². The van der Waals surface area contributed by atoms with Crippen molar-refractivity contribution < 1.29 is 0 Å². The highest BCUT2D eigenvalue weighted by molar-refractivity contribution is 7.16. The van der Waals surface area contributed by atoms with Crippen molar-refractivity contribution in [2.45, 2.75) is 6.42 Å². The van der Waals surface area contributed by atoms with Crippen molar-refractivity contribution in [3.05, 3.63) is 58.6 Å². The molecule has 0 bridgehead atoms. The Morgan fingerprint density at radius 1 is 1.21 bits per heavy atom. The number of aromatic amines is 1. The quantitative estimate of drug-likeness (QED) is 0.344. The molecule has 4 aromatic rings. The highest BCUT2D eigenvalue weighted by Crippen LogP contribution is 2.46. The van der Waals surface area contributed by atoms with E-state index < -0.39 is 0 Å². The summed E-state index contributed by atoms with van der Waals surface area (Å²) >= 11 is 1.79. The summed E-state index contributed by atoms with van der Waals surface area (Å²) in [5.41, 5.74) is 14.1. The van der Waals surface area contributed by atoms with Gasteiger partial charge in [0.05, 0.1) is 11.4 Å². The van der Waals surface area contributed by atoms with Gasteiger partial charge in [0.15, 0.2) is 0 Å². The largest absolute Gasteiger partial charge is 0.388 e. The Bertz CT molecular complexity index is 1200. The van der Waals surface area contributed by atoms with Gasteiger partial charge < -0.3 is 16.5 Å². The molecule has 0 saturated heterocycles. The number of H-pyrrole nitrogens is 1. The van der Waals surface area contributed by atoms with Crippen molar-refractivity contribution in [3.8, 4) is 33.0 Å². The third-order valence-electron chi connectivity index (χ3n) is 5.11. The summed E-state index contributed by atoms with van der Waals surface area (Å²) in [6.07, 6.45) is 4.04. The third-order valence-corrected chi connectivity index (χ3v) is 6.29. The average Bonchev–Trinajstić information content (AvgIpc) is 3.39. The normalized spacial score (nSPS) is 11.9. The van der Waals surface area contributed by atoms with E-state index in [0.717, 1.165) is 40.2 Å². The zero-order valence-corrected chi connectivity index (χ0v) is 16.0. The minimum atomic E-state index is 0.531. The van der Waals surface area contributed by atoms with Gasteiger partial charge in [0.1, 0.15) is 5.82 Å². The number of rotatable bonds is 4. The first-order chi connectivity index (χ1) is 13.7. The number of hydrogen-bond acceptors (Lipinski definition) is 6. The molecule has 3 heterocycles. The number of hydrogen-bond donors (Lipinski definition) is 4. The SMILES string of the molecule is CNc1cc(-c2n[nH]c3c2Cc2sc(-c4ccc(N)nc4)cc2-3)ccc1C=N. The summed E-state index contributed by atoms with van der Waals surface area (Å²) in [5.74, 6) is 0.531. The van der Waals surface area contributed by atoms with Crippen molar-refractivity contribution >= 4 is 29.1 Å². The summed E-state index contributed by atoms with van der Waals surface area (Å²) in [7, 11) is 1.87. The van der Waals surface area contributed by atoms with Crippen LogP contribution in [0.2, 0.25) is 0 Å². The lowest BCUT2D eigenvalue weighted by Crippen LogP contribution is -1.95. The summed E-state index contributed by atoms with van der Waals surface area (Å²) in [4.78, 5) is 6.72. The minimum Gasteiger partial charge on any atom is -0.388 e. The molecule has 1 aliphatic carbocycles. The molecular formula is C21H18N6S. The van der Waals surface area contributed by atoms with Crippen molar-refractivity contribution in [3.63, 3.8) is 0 Å². The van der Waals surface area contributed by atoms with Crippen LogP contribution < -0.4 is 11.1 Å². The molecule has 28 heavy (non-hydrogen) atoms. The van der Waals surface area contributed by atoms with E-state index in [9.17, 15) is 0 Å². The lowest BCUT2D eigenvalue weighted by Gasteiger charge is -2.07. The molecule has 5 rings (SSSR count). The molecule has 0 unspecified atom stereocenters. The highest BCUT2D eigenvalue weighted by Gasteiger charge is 2.28. The van der Waals surface area contributed by atoms with Gasteiger partial charge in [-0.15, -0.1) is 11.3 Å². The summed E-state index contributed by atoms with van der Waals surface area (Å²) in [5, 5.41) is 18.5. The molecule has 0 saturated carbocycles. The van der Waals surface area contributed by atoms with Gasteiger partial charge in [-0.25, -0.2) is 4.98 Å². The number of aromatic nitrogens is 3. The fraction of sp³-hybridized carbons (Fsp3) is 0.0952. The van der Waals surface area contributed by atoms with Gasteiger partial charge in [-0.1, -0.05) is 12.1 Å². The second kappa shape index (κ2) is 6.31. The Morgan fingerprint density at radius 2 is 2.07 bits per heavy atom. The van der Waals surface area contributed by atoms with Crippen LogP contribution in [0.3, 0.4) is 0 Å².